The minimum absolute atomic E-state index is 0.0602. The zero-order valence-corrected chi connectivity index (χ0v) is 3.35. The fourth-order valence-electron chi connectivity index (χ4n) is 0.326. The van der Waals surface area contributed by atoms with Crippen LogP contribution in [0, 0.1) is 6.92 Å². The largest absolute Gasteiger partial charge is 0.302 e. The molecular weight excluding hydrogens is 78.0 g/mol. The first kappa shape index (κ1) is 3.81. The Morgan fingerprint density at radius 1 is 1.83 bits per heavy atom. The standard InChI is InChI=1S/C4H6NO/c1-3-4(2-6)5-3/h2-5H,1H2/t3-,4+/m1/s1. The summed E-state index contributed by atoms with van der Waals surface area (Å²) in [6.07, 6.45) is 0.873. The quantitative estimate of drug-likeness (QED) is 0.339. The highest BCUT2D eigenvalue weighted by atomic mass is 16.1. The number of rotatable bonds is 1. The van der Waals surface area contributed by atoms with Crippen molar-refractivity contribution in [2.24, 2.45) is 0 Å². The second kappa shape index (κ2) is 1.05. The minimum Gasteiger partial charge on any atom is -0.302 e. The molecule has 1 N–H and O–H groups in total. The van der Waals surface area contributed by atoms with Crippen molar-refractivity contribution in [1.29, 1.82) is 0 Å². The Morgan fingerprint density at radius 3 is 2.33 bits per heavy atom. The summed E-state index contributed by atoms with van der Waals surface area (Å²) in [6, 6.07) is 0.257. The van der Waals surface area contributed by atoms with Crippen molar-refractivity contribution in [2.75, 3.05) is 0 Å². The van der Waals surface area contributed by atoms with Crippen molar-refractivity contribution in [2.45, 2.75) is 12.1 Å². The van der Waals surface area contributed by atoms with Gasteiger partial charge in [0.2, 0.25) is 0 Å². The summed E-state index contributed by atoms with van der Waals surface area (Å²) in [7, 11) is 0. The van der Waals surface area contributed by atoms with Crippen molar-refractivity contribution in [1.82, 2.24) is 5.32 Å². The molecule has 1 aliphatic heterocycles. The van der Waals surface area contributed by atoms with E-state index in [9.17, 15) is 4.79 Å². The average molecular weight is 84.1 g/mol. The summed E-state index contributed by atoms with van der Waals surface area (Å²) in [5.41, 5.74) is 0. The van der Waals surface area contributed by atoms with Gasteiger partial charge in [-0.05, 0) is 6.92 Å². The normalized spacial score (nSPS) is 42.2. The zero-order valence-electron chi connectivity index (χ0n) is 3.35. The van der Waals surface area contributed by atoms with E-state index in [1.165, 1.54) is 0 Å². The maximum Gasteiger partial charge on any atom is 0.138 e. The van der Waals surface area contributed by atoms with Crippen LogP contribution in [0.5, 0.6) is 0 Å². The van der Waals surface area contributed by atoms with Gasteiger partial charge in [0, 0.05) is 6.04 Å². The lowest BCUT2D eigenvalue weighted by Crippen LogP contribution is -1.88. The maximum absolute atomic E-state index is 9.68. The molecule has 1 heterocycles. The Bertz CT molecular complexity index is 71.9. The van der Waals surface area contributed by atoms with Crippen LogP contribution in [-0.4, -0.2) is 18.4 Å². The Balaban J connectivity index is 2.25. The predicted molar refractivity (Wildman–Crippen MR) is 22.1 cm³/mol. The minimum atomic E-state index is 0.0602. The van der Waals surface area contributed by atoms with Gasteiger partial charge in [-0.2, -0.15) is 0 Å². The molecule has 0 aromatic heterocycles. The molecule has 1 saturated heterocycles. The molecule has 0 aliphatic carbocycles. The van der Waals surface area contributed by atoms with Crippen LogP contribution in [0.15, 0.2) is 0 Å². The van der Waals surface area contributed by atoms with Gasteiger partial charge in [0.05, 0.1) is 6.04 Å². The summed E-state index contributed by atoms with van der Waals surface area (Å²) in [4.78, 5) is 9.68. The molecule has 2 heteroatoms. The molecule has 1 rings (SSSR count). The van der Waals surface area contributed by atoms with Crippen LogP contribution in [0.4, 0.5) is 0 Å². The molecule has 1 aliphatic rings. The Kier molecular flexibility index (Phi) is 0.665. The van der Waals surface area contributed by atoms with E-state index in [0.717, 1.165) is 6.29 Å². The molecular formula is C4H6NO. The molecule has 0 saturated carbocycles. The van der Waals surface area contributed by atoms with Gasteiger partial charge in [-0.25, -0.2) is 0 Å². The summed E-state index contributed by atoms with van der Waals surface area (Å²) in [6.45, 7) is 3.56. The van der Waals surface area contributed by atoms with Gasteiger partial charge in [0.25, 0.3) is 0 Å². The third-order valence-electron chi connectivity index (χ3n) is 0.878. The van der Waals surface area contributed by atoms with E-state index in [1.54, 1.807) is 0 Å². The SMILES string of the molecule is [CH2][C@H]1N[C@H]1C=O. The van der Waals surface area contributed by atoms with Crippen LogP contribution in [0.2, 0.25) is 0 Å². The molecule has 1 fully saturated rings. The zero-order chi connectivity index (χ0) is 4.57. The molecule has 0 spiro atoms. The van der Waals surface area contributed by atoms with Crippen molar-refractivity contribution >= 4 is 6.29 Å². The fourth-order valence-corrected chi connectivity index (χ4v) is 0.326. The van der Waals surface area contributed by atoms with E-state index in [2.05, 4.69) is 12.2 Å². The van der Waals surface area contributed by atoms with E-state index in [-0.39, 0.29) is 12.1 Å². The molecule has 0 aromatic carbocycles. The molecule has 33 valence electrons. The number of aldehydes is 1. The third kappa shape index (κ3) is 0.431. The Morgan fingerprint density at radius 2 is 2.33 bits per heavy atom. The van der Waals surface area contributed by atoms with Crippen molar-refractivity contribution in [3.63, 3.8) is 0 Å². The van der Waals surface area contributed by atoms with Crippen LogP contribution in [0.3, 0.4) is 0 Å². The molecule has 0 unspecified atom stereocenters. The van der Waals surface area contributed by atoms with Gasteiger partial charge in [-0.1, -0.05) is 0 Å². The van der Waals surface area contributed by atoms with Gasteiger partial charge in [0.15, 0.2) is 0 Å². The fraction of sp³-hybridized carbons (Fsp3) is 0.500. The Labute approximate surface area is 36.5 Å². The molecule has 6 heavy (non-hydrogen) atoms. The topological polar surface area (TPSA) is 39.0 Å². The monoisotopic (exact) mass is 84.0 g/mol. The van der Waals surface area contributed by atoms with E-state index in [0.29, 0.717) is 0 Å². The molecule has 2 atom stereocenters. The van der Waals surface area contributed by atoms with Crippen LogP contribution in [-0.2, 0) is 4.79 Å². The number of nitrogens with one attached hydrogen (secondary N) is 1. The lowest BCUT2D eigenvalue weighted by atomic mass is 10.4. The molecule has 1 radical (unpaired) electrons. The number of hydrogen-bond acceptors (Lipinski definition) is 2. The van der Waals surface area contributed by atoms with Crippen LogP contribution >= 0.6 is 0 Å². The van der Waals surface area contributed by atoms with Crippen LogP contribution in [0.25, 0.3) is 0 Å². The average Bonchev–Trinajstić information content (AvgIpc) is 2.19. The van der Waals surface area contributed by atoms with Gasteiger partial charge >= 0.3 is 0 Å². The van der Waals surface area contributed by atoms with Crippen molar-refractivity contribution in [3.05, 3.63) is 6.92 Å². The Hall–Kier alpha value is -0.370. The summed E-state index contributed by atoms with van der Waals surface area (Å²) in [5, 5.41) is 2.80. The number of carbonyl (C=O) groups excluding carboxylic acids is 1. The van der Waals surface area contributed by atoms with E-state index >= 15 is 0 Å². The second-order valence-corrected chi connectivity index (χ2v) is 1.44. The van der Waals surface area contributed by atoms with Gasteiger partial charge in [-0.15, -0.1) is 0 Å². The summed E-state index contributed by atoms with van der Waals surface area (Å²) >= 11 is 0. The highest BCUT2D eigenvalue weighted by Gasteiger charge is 2.30. The molecule has 2 nitrogen and oxygen atoms in total. The number of hydrogen-bond donors (Lipinski definition) is 1. The number of carbonyl (C=O) groups is 1. The summed E-state index contributed by atoms with van der Waals surface area (Å²) in [5.74, 6) is 0. The smallest absolute Gasteiger partial charge is 0.138 e. The summed E-state index contributed by atoms with van der Waals surface area (Å²) < 4.78 is 0. The van der Waals surface area contributed by atoms with E-state index in [1.807, 2.05) is 0 Å². The molecule has 0 aromatic rings. The van der Waals surface area contributed by atoms with Crippen LogP contribution in [0.1, 0.15) is 0 Å². The first-order chi connectivity index (χ1) is 2.84. The predicted octanol–water partition coefficient (Wildman–Crippen LogP) is -0.640. The molecule has 0 bridgehead atoms. The second-order valence-electron chi connectivity index (χ2n) is 1.44. The van der Waals surface area contributed by atoms with Crippen molar-refractivity contribution in [3.8, 4) is 0 Å². The van der Waals surface area contributed by atoms with Gasteiger partial charge in [0.1, 0.15) is 6.29 Å². The first-order valence-electron chi connectivity index (χ1n) is 1.89. The van der Waals surface area contributed by atoms with Gasteiger partial charge < -0.3 is 10.1 Å². The van der Waals surface area contributed by atoms with E-state index < -0.39 is 0 Å². The lowest BCUT2D eigenvalue weighted by Gasteiger charge is -1.62. The van der Waals surface area contributed by atoms with Gasteiger partial charge in [-0.3, -0.25) is 0 Å². The first-order valence-corrected chi connectivity index (χ1v) is 1.89. The van der Waals surface area contributed by atoms with Crippen LogP contribution < -0.4 is 5.32 Å². The molecule has 0 amide bonds. The maximum atomic E-state index is 9.68. The third-order valence-corrected chi connectivity index (χ3v) is 0.878. The van der Waals surface area contributed by atoms with E-state index in [4.69, 9.17) is 0 Å². The highest BCUT2D eigenvalue weighted by molar-refractivity contribution is 5.64. The highest BCUT2D eigenvalue weighted by Crippen LogP contribution is 2.03. The lowest BCUT2D eigenvalue weighted by molar-refractivity contribution is -0.107. The van der Waals surface area contributed by atoms with Crippen molar-refractivity contribution < 1.29 is 4.79 Å².